The van der Waals surface area contributed by atoms with Crippen LogP contribution in [0, 0.1) is 6.92 Å². The van der Waals surface area contributed by atoms with Crippen molar-refractivity contribution in [2.24, 2.45) is 0 Å². The first-order chi connectivity index (χ1) is 8.52. The third kappa shape index (κ3) is 2.75. The summed E-state index contributed by atoms with van der Waals surface area (Å²) in [5.74, 6) is 0.644. The van der Waals surface area contributed by atoms with E-state index in [-0.39, 0.29) is 5.56 Å². The Kier molecular flexibility index (Phi) is 4.40. The predicted octanol–water partition coefficient (Wildman–Crippen LogP) is 4.28. The van der Waals surface area contributed by atoms with E-state index < -0.39 is 0 Å². The molecular weight excluding hydrogens is 380 g/mol. The lowest BCUT2D eigenvalue weighted by Gasteiger charge is -2.04. The van der Waals surface area contributed by atoms with E-state index in [4.69, 9.17) is 0 Å². The van der Waals surface area contributed by atoms with Crippen molar-refractivity contribution < 1.29 is 0 Å². The SMILES string of the molecule is CCCc1nc(-c2cc(Br)c(C)s2)[nH]c(=O)c1Br. The molecule has 18 heavy (non-hydrogen) atoms. The topological polar surface area (TPSA) is 45.8 Å². The molecule has 2 aromatic heterocycles. The molecule has 2 heterocycles. The fourth-order valence-electron chi connectivity index (χ4n) is 1.60. The second-order valence-electron chi connectivity index (χ2n) is 3.94. The largest absolute Gasteiger partial charge is 0.305 e. The van der Waals surface area contributed by atoms with Crippen molar-refractivity contribution in [1.82, 2.24) is 9.97 Å². The molecule has 6 heteroatoms. The standard InChI is InChI=1S/C12H12Br2N2OS/c1-3-4-8-10(14)12(17)16-11(15-8)9-5-7(13)6(2)18-9/h5H,3-4H2,1-2H3,(H,15,16,17). The molecule has 96 valence electrons. The van der Waals surface area contributed by atoms with E-state index in [0.717, 1.165) is 27.9 Å². The molecule has 0 aromatic carbocycles. The molecular formula is C12H12Br2N2OS. The van der Waals surface area contributed by atoms with Crippen molar-refractivity contribution in [3.63, 3.8) is 0 Å². The molecule has 0 aliphatic carbocycles. The number of thiophene rings is 1. The average Bonchev–Trinajstić information content (AvgIpc) is 2.65. The van der Waals surface area contributed by atoms with Gasteiger partial charge in [-0.3, -0.25) is 4.79 Å². The van der Waals surface area contributed by atoms with Gasteiger partial charge in [0.2, 0.25) is 0 Å². The molecule has 0 atom stereocenters. The molecule has 1 N–H and O–H groups in total. The summed E-state index contributed by atoms with van der Waals surface area (Å²) in [5, 5.41) is 0. The highest BCUT2D eigenvalue weighted by Gasteiger charge is 2.12. The van der Waals surface area contributed by atoms with E-state index in [1.807, 2.05) is 13.0 Å². The van der Waals surface area contributed by atoms with Crippen LogP contribution in [0.5, 0.6) is 0 Å². The smallest absolute Gasteiger partial charge is 0.265 e. The second-order valence-corrected chi connectivity index (χ2v) is 6.84. The van der Waals surface area contributed by atoms with Crippen LogP contribution in [0.15, 0.2) is 19.8 Å². The van der Waals surface area contributed by atoms with Crippen molar-refractivity contribution >= 4 is 43.2 Å². The zero-order valence-electron chi connectivity index (χ0n) is 10.0. The number of hydrogen-bond acceptors (Lipinski definition) is 3. The molecule has 0 spiro atoms. The van der Waals surface area contributed by atoms with Crippen LogP contribution >= 0.6 is 43.2 Å². The molecule has 0 unspecified atom stereocenters. The molecule has 0 radical (unpaired) electrons. The molecule has 2 aromatic rings. The first-order valence-electron chi connectivity index (χ1n) is 5.58. The van der Waals surface area contributed by atoms with Crippen LogP contribution in [-0.4, -0.2) is 9.97 Å². The number of rotatable bonds is 3. The number of halogens is 2. The van der Waals surface area contributed by atoms with E-state index in [1.54, 1.807) is 11.3 Å². The number of hydrogen-bond donors (Lipinski definition) is 1. The van der Waals surface area contributed by atoms with Gasteiger partial charge in [-0.2, -0.15) is 0 Å². The summed E-state index contributed by atoms with van der Waals surface area (Å²) < 4.78 is 1.59. The monoisotopic (exact) mass is 390 g/mol. The van der Waals surface area contributed by atoms with Gasteiger partial charge in [0.15, 0.2) is 5.82 Å². The Labute approximate surface area is 126 Å². The van der Waals surface area contributed by atoms with Crippen LogP contribution in [0.25, 0.3) is 10.7 Å². The maximum Gasteiger partial charge on any atom is 0.265 e. The first kappa shape index (κ1) is 14.0. The highest BCUT2D eigenvalue weighted by Crippen LogP contribution is 2.32. The number of aromatic amines is 1. The van der Waals surface area contributed by atoms with Crippen molar-refractivity contribution in [1.29, 1.82) is 0 Å². The van der Waals surface area contributed by atoms with Crippen LogP contribution in [0.2, 0.25) is 0 Å². The van der Waals surface area contributed by atoms with Gasteiger partial charge in [0, 0.05) is 9.35 Å². The normalized spacial score (nSPS) is 10.9. The second kappa shape index (κ2) is 5.67. The van der Waals surface area contributed by atoms with E-state index in [9.17, 15) is 4.79 Å². The number of nitrogens with zero attached hydrogens (tertiary/aromatic N) is 1. The average molecular weight is 392 g/mol. The van der Waals surface area contributed by atoms with Crippen molar-refractivity contribution in [3.8, 4) is 10.7 Å². The van der Waals surface area contributed by atoms with Crippen molar-refractivity contribution in [2.45, 2.75) is 26.7 Å². The Balaban J connectivity index is 2.55. The highest BCUT2D eigenvalue weighted by atomic mass is 79.9. The third-order valence-electron chi connectivity index (χ3n) is 2.51. The predicted molar refractivity (Wildman–Crippen MR) is 82.3 cm³/mol. The first-order valence-corrected chi connectivity index (χ1v) is 7.98. The Bertz CT molecular complexity index is 614. The molecule has 0 amide bonds. The summed E-state index contributed by atoms with van der Waals surface area (Å²) in [7, 11) is 0. The lowest BCUT2D eigenvalue weighted by Crippen LogP contribution is -2.13. The minimum Gasteiger partial charge on any atom is -0.305 e. The zero-order chi connectivity index (χ0) is 13.3. The Morgan fingerprint density at radius 1 is 1.44 bits per heavy atom. The molecule has 0 saturated heterocycles. The Hall–Kier alpha value is -0.460. The Morgan fingerprint density at radius 3 is 2.72 bits per heavy atom. The van der Waals surface area contributed by atoms with E-state index >= 15 is 0 Å². The fraction of sp³-hybridized carbons (Fsp3) is 0.333. The van der Waals surface area contributed by atoms with Crippen molar-refractivity contribution in [2.75, 3.05) is 0 Å². The van der Waals surface area contributed by atoms with Gasteiger partial charge in [-0.15, -0.1) is 11.3 Å². The molecule has 2 rings (SSSR count). The summed E-state index contributed by atoms with van der Waals surface area (Å²) in [5.41, 5.74) is 0.698. The lowest BCUT2D eigenvalue weighted by molar-refractivity contribution is 0.862. The van der Waals surface area contributed by atoms with Gasteiger partial charge in [0.1, 0.15) is 4.47 Å². The summed E-state index contributed by atoms with van der Waals surface area (Å²) in [4.78, 5) is 21.3. The van der Waals surface area contributed by atoms with Crippen LogP contribution in [0.1, 0.15) is 23.9 Å². The lowest BCUT2D eigenvalue weighted by atomic mass is 10.2. The van der Waals surface area contributed by atoms with Gasteiger partial charge in [-0.05, 0) is 51.3 Å². The number of aromatic nitrogens is 2. The van der Waals surface area contributed by atoms with Gasteiger partial charge in [0.25, 0.3) is 5.56 Å². The van der Waals surface area contributed by atoms with E-state index in [2.05, 4.69) is 48.8 Å². The molecule has 0 aliphatic rings. The number of nitrogens with one attached hydrogen (secondary N) is 1. The molecule has 0 fully saturated rings. The molecule has 0 aliphatic heterocycles. The Morgan fingerprint density at radius 2 is 2.17 bits per heavy atom. The quantitative estimate of drug-likeness (QED) is 0.848. The third-order valence-corrected chi connectivity index (χ3v) is 5.47. The zero-order valence-corrected chi connectivity index (χ0v) is 14.0. The van der Waals surface area contributed by atoms with E-state index in [0.29, 0.717) is 10.3 Å². The minimum absolute atomic E-state index is 0.120. The van der Waals surface area contributed by atoms with Gasteiger partial charge >= 0.3 is 0 Å². The fourth-order valence-corrected chi connectivity index (χ4v) is 3.47. The van der Waals surface area contributed by atoms with E-state index in [1.165, 1.54) is 4.88 Å². The summed E-state index contributed by atoms with van der Waals surface area (Å²) >= 11 is 8.39. The van der Waals surface area contributed by atoms with Crippen LogP contribution in [-0.2, 0) is 6.42 Å². The summed E-state index contributed by atoms with van der Waals surface area (Å²) in [6, 6.07) is 1.99. The maximum atomic E-state index is 11.9. The van der Waals surface area contributed by atoms with Gasteiger partial charge in [-0.25, -0.2) is 4.98 Å². The van der Waals surface area contributed by atoms with Crippen LogP contribution in [0.4, 0.5) is 0 Å². The minimum atomic E-state index is -0.120. The molecule has 0 bridgehead atoms. The number of H-pyrrole nitrogens is 1. The summed E-state index contributed by atoms with van der Waals surface area (Å²) in [6.45, 7) is 4.10. The van der Waals surface area contributed by atoms with Crippen LogP contribution < -0.4 is 5.56 Å². The molecule has 0 saturated carbocycles. The van der Waals surface area contributed by atoms with Gasteiger partial charge < -0.3 is 4.98 Å². The number of aryl methyl sites for hydroxylation is 2. The maximum absolute atomic E-state index is 11.9. The molecule has 3 nitrogen and oxygen atoms in total. The highest BCUT2D eigenvalue weighted by molar-refractivity contribution is 9.10. The van der Waals surface area contributed by atoms with Crippen molar-refractivity contribution in [3.05, 3.63) is 35.9 Å². The summed E-state index contributed by atoms with van der Waals surface area (Å²) in [6.07, 6.45) is 1.75. The van der Waals surface area contributed by atoms with Gasteiger partial charge in [-0.1, -0.05) is 13.3 Å². The van der Waals surface area contributed by atoms with Gasteiger partial charge in [0.05, 0.1) is 10.6 Å². The van der Waals surface area contributed by atoms with Crippen LogP contribution in [0.3, 0.4) is 0 Å².